The van der Waals surface area contributed by atoms with Crippen LogP contribution in [0.4, 0.5) is 5.69 Å². The van der Waals surface area contributed by atoms with Crippen molar-refractivity contribution in [1.82, 2.24) is 0 Å². The fourth-order valence-corrected chi connectivity index (χ4v) is 2.44. The molecule has 0 spiro atoms. The van der Waals surface area contributed by atoms with E-state index in [1.165, 1.54) is 18.9 Å². The van der Waals surface area contributed by atoms with Crippen molar-refractivity contribution in [1.29, 1.82) is 0 Å². The molecule has 20 heavy (non-hydrogen) atoms. The van der Waals surface area contributed by atoms with Crippen molar-refractivity contribution in [3.8, 4) is 0 Å². The Morgan fingerprint density at radius 3 is 2.80 bits per heavy atom. The second-order valence-electron chi connectivity index (χ2n) is 4.41. The van der Waals surface area contributed by atoms with Crippen molar-refractivity contribution in [3.63, 3.8) is 0 Å². The zero-order valence-electron chi connectivity index (χ0n) is 11.7. The number of anilines is 1. The number of carbonyl (C=O) groups is 2. The Labute approximate surface area is 128 Å². The first-order valence-electron chi connectivity index (χ1n) is 6.16. The summed E-state index contributed by atoms with van der Waals surface area (Å²) in [6.07, 6.45) is 0.296. The summed E-state index contributed by atoms with van der Waals surface area (Å²) in [5.74, 6) is -0.0995. The maximum absolute atomic E-state index is 11.8. The van der Waals surface area contributed by atoms with Gasteiger partial charge in [0.1, 0.15) is 0 Å². The molecule has 6 heteroatoms. The lowest BCUT2D eigenvalue weighted by Crippen LogP contribution is -2.17. The summed E-state index contributed by atoms with van der Waals surface area (Å²) in [5.41, 5.74) is 1.67. The van der Waals surface area contributed by atoms with Gasteiger partial charge in [-0.1, -0.05) is 24.6 Å². The molecule has 0 aliphatic carbocycles. The average Bonchev–Trinajstić information content (AvgIpc) is 2.40. The van der Waals surface area contributed by atoms with Crippen LogP contribution in [-0.4, -0.2) is 30.0 Å². The van der Waals surface area contributed by atoms with E-state index in [0.717, 1.165) is 5.56 Å². The van der Waals surface area contributed by atoms with Gasteiger partial charge in [0.05, 0.1) is 19.3 Å². The number of rotatable bonds is 6. The Morgan fingerprint density at radius 2 is 2.15 bits per heavy atom. The number of esters is 1. The fraction of sp³-hybridized carbons (Fsp3) is 0.429. The summed E-state index contributed by atoms with van der Waals surface area (Å²) in [7, 11) is 1.36. The second kappa shape index (κ2) is 8.17. The number of benzene rings is 1. The zero-order chi connectivity index (χ0) is 15.1. The number of hydrogen-bond acceptors (Lipinski definition) is 4. The number of ether oxygens (including phenoxy) is 1. The first-order chi connectivity index (χ1) is 9.42. The van der Waals surface area contributed by atoms with Crippen molar-refractivity contribution >= 4 is 40.9 Å². The van der Waals surface area contributed by atoms with E-state index in [0.29, 0.717) is 17.1 Å². The summed E-state index contributed by atoms with van der Waals surface area (Å²) in [4.78, 5) is 22.9. The minimum atomic E-state index is -0.268. The van der Waals surface area contributed by atoms with Crippen molar-refractivity contribution in [3.05, 3.63) is 28.8 Å². The third-order valence-corrected chi connectivity index (χ3v) is 4.05. The molecule has 1 N–H and O–H groups in total. The van der Waals surface area contributed by atoms with Gasteiger partial charge in [0.25, 0.3) is 0 Å². The number of hydrogen-bond donors (Lipinski definition) is 1. The Morgan fingerprint density at radius 1 is 1.45 bits per heavy atom. The highest BCUT2D eigenvalue weighted by Gasteiger charge is 2.12. The second-order valence-corrected chi connectivity index (χ2v) is 6.27. The number of nitrogens with one attached hydrogen (secondary N) is 1. The molecule has 0 aromatic heterocycles. The van der Waals surface area contributed by atoms with Gasteiger partial charge in [-0.25, -0.2) is 0 Å². The standard InChI is InChI=1S/C14H18ClNO3S/c1-9-4-5-11(15)7-12(9)16-13(17)8-20-10(2)6-14(18)19-3/h4-5,7,10H,6,8H2,1-3H3,(H,16,17). The topological polar surface area (TPSA) is 55.4 Å². The van der Waals surface area contributed by atoms with Gasteiger partial charge in [-0.15, -0.1) is 11.8 Å². The predicted molar refractivity (Wildman–Crippen MR) is 83.4 cm³/mol. The fourth-order valence-electron chi connectivity index (χ4n) is 1.51. The number of methoxy groups -OCH3 is 1. The van der Waals surface area contributed by atoms with Crippen molar-refractivity contribution in [2.75, 3.05) is 18.2 Å². The lowest BCUT2D eigenvalue weighted by atomic mass is 10.2. The third-order valence-electron chi connectivity index (χ3n) is 2.65. The predicted octanol–water partition coefficient (Wildman–Crippen LogP) is 3.27. The molecule has 0 saturated carbocycles. The van der Waals surface area contributed by atoms with Crippen LogP contribution in [0.25, 0.3) is 0 Å². The van der Waals surface area contributed by atoms with Gasteiger partial charge in [-0.2, -0.15) is 0 Å². The minimum Gasteiger partial charge on any atom is -0.469 e. The molecular formula is C14H18ClNO3S. The highest BCUT2D eigenvalue weighted by Crippen LogP contribution is 2.21. The minimum absolute atomic E-state index is 0.0358. The molecule has 1 amide bonds. The van der Waals surface area contributed by atoms with Crippen molar-refractivity contribution in [2.45, 2.75) is 25.5 Å². The monoisotopic (exact) mass is 315 g/mol. The normalized spacial score (nSPS) is 11.8. The van der Waals surface area contributed by atoms with Gasteiger partial charge in [0, 0.05) is 16.0 Å². The van der Waals surface area contributed by atoms with E-state index < -0.39 is 0 Å². The van der Waals surface area contributed by atoms with Gasteiger partial charge >= 0.3 is 5.97 Å². The maximum atomic E-state index is 11.8. The van der Waals surface area contributed by atoms with Crippen LogP contribution in [-0.2, 0) is 14.3 Å². The summed E-state index contributed by atoms with van der Waals surface area (Å²) in [5, 5.41) is 3.43. The molecule has 1 rings (SSSR count). The van der Waals surface area contributed by atoms with Crippen LogP contribution in [0.5, 0.6) is 0 Å². The van der Waals surface area contributed by atoms with E-state index in [-0.39, 0.29) is 22.9 Å². The maximum Gasteiger partial charge on any atom is 0.306 e. The van der Waals surface area contributed by atoms with Gasteiger partial charge in [0.15, 0.2) is 0 Å². The largest absolute Gasteiger partial charge is 0.469 e. The third kappa shape index (κ3) is 5.84. The van der Waals surface area contributed by atoms with Crippen LogP contribution in [0.3, 0.4) is 0 Å². The Balaban J connectivity index is 2.44. The van der Waals surface area contributed by atoms with Crippen molar-refractivity contribution < 1.29 is 14.3 Å². The first kappa shape index (κ1) is 16.9. The van der Waals surface area contributed by atoms with E-state index in [2.05, 4.69) is 10.1 Å². The smallest absolute Gasteiger partial charge is 0.306 e. The molecule has 0 bridgehead atoms. The van der Waals surface area contributed by atoms with Crippen LogP contribution in [0, 0.1) is 6.92 Å². The Kier molecular flexibility index (Phi) is 6.88. The average molecular weight is 316 g/mol. The molecule has 0 radical (unpaired) electrons. The summed E-state index contributed by atoms with van der Waals surface area (Å²) < 4.78 is 4.58. The van der Waals surface area contributed by atoms with Gasteiger partial charge in [-0.05, 0) is 24.6 Å². The van der Waals surface area contributed by atoms with Crippen LogP contribution < -0.4 is 5.32 Å². The molecule has 0 heterocycles. The van der Waals surface area contributed by atoms with Gasteiger partial charge < -0.3 is 10.1 Å². The zero-order valence-corrected chi connectivity index (χ0v) is 13.3. The quantitative estimate of drug-likeness (QED) is 0.819. The molecule has 0 saturated heterocycles. The summed E-state index contributed by atoms with van der Waals surface area (Å²) >= 11 is 7.30. The summed E-state index contributed by atoms with van der Waals surface area (Å²) in [6.45, 7) is 3.79. The molecule has 1 atom stereocenters. The van der Waals surface area contributed by atoms with E-state index in [1.54, 1.807) is 12.1 Å². The van der Waals surface area contributed by atoms with Crippen LogP contribution in [0.1, 0.15) is 18.9 Å². The Hall–Kier alpha value is -1.20. The molecule has 1 aromatic rings. The van der Waals surface area contributed by atoms with Gasteiger partial charge in [-0.3, -0.25) is 9.59 Å². The van der Waals surface area contributed by atoms with E-state index in [9.17, 15) is 9.59 Å². The lowest BCUT2D eigenvalue weighted by Gasteiger charge is -2.11. The van der Waals surface area contributed by atoms with Gasteiger partial charge in [0.2, 0.25) is 5.91 Å². The van der Waals surface area contributed by atoms with Crippen LogP contribution >= 0.6 is 23.4 Å². The van der Waals surface area contributed by atoms with E-state index in [1.807, 2.05) is 19.9 Å². The number of carbonyl (C=O) groups excluding carboxylic acids is 2. The van der Waals surface area contributed by atoms with Crippen LogP contribution in [0.15, 0.2) is 18.2 Å². The molecule has 1 unspecified atom stereocenters. The molecule has 0 aliphatic heterocycles. The summed E-state index contributed by atoms with van der Waals surface area (Å²) in [6, 6.07) is 5.35. The molecule has 0 fully saturated rings. The molecule has 0 aliphatic rings. The highest BCUT2D eigenvalue weighted by molar-refractivity contribution is 8.00. The first-order valence-corrected chi connectivity index (χ1v) is 7.59. The van der Waals surface area contributed by atoms with Crippen molar-refractivity contribution in [2.24, 2.45) is 0 Å². The molecule has 110 valence electrons. The SMILES string of the molecule is COC(=O)CC(C)SCC(=O)Nc1cc(Cl)ccc1C. The Bertz CT molecular complexity index is 493. The molecule has 4 nitrogen and oxygen atoms in total. The molecular weight excluding hydrogens is 298 g/mol. The number of thioether (sulfide) groups is 1. The lowest BCUT2D eigenvalue weighted by molar-refractivity contribution is -0.140. The van der Waals surface area contributed by atoms with E-state index in [4.69, 9.17) is 11.6 Å². The highest BCUT2D eigenvalue weighted by atomic mass is 35.5. The molecule has 1 aromatic carbocycles. The van der Waals surface area contributed by atoms with Crippen LogP contribution in [0.2, 0.25) is 5.02 Å². The number of amides is 1. The number of aryl methyl sites for hydroxylation is 1. The number of halogens is 1. The van der Waals surface area contributed by atoms with E-state index >= 15 is 0 Å².